The lowest BCUT2D eigenvalue weighted by Crippen LogP contribution is -2.51. The second kappa shape index (κ2) is 14.1. The number of benzene rings is 3. The summed E-state index contributed by atoms with van der Waals surface area (Å²) in [5, 5.41) is 16.3. The second-order valence-corrected chi connectivity index (χ2v) is 12.1. The Morgan fingerprint density at radius 1 is 1.06 bits per heavy atom. The maximum atomic E-state index is 13.9. The van der Waals surface area contributed by atoms with Crippen LogP contribution in [0.2, 0.25) is 5.02 Å². The van der Waals surface area contributed by atoms with E-state index in [0.717, 1.165) is 34.1 Å². The Hall–Kier alpha value is -5.17. The fraction of sp³-hybridized carbons (Fsp3) is 0.286. The van der Waals surface area contributed by atoms with Crippen molar-refractivity contribution in [3.8, 4) is 5.69 Å². The number of carbonyl (C=O) groups is 3. The minimum absolute atomic E-state index is 0.223. The number of fused-ring (bicyclic) bond motifs is 3. The van der Waals surface area contributed by atoms with Gasteiger partial charge in [0.15, 0.2) is 0 Å². The number of aliphatic carboxylic acids is 1. The van der Waals surface area contributed by atoms with E-state index in [0.29, 0.717) is 42.2 Å². The van der Waals surface area contributed by atoms with Crippen molar-refractivity contribution in [3.05, 3.63) is 112 Å². The SMILES string of the molecule is COC(=O)CCc1c2n(c3ccc(C)cc13)CC(NC(=O)c1ccc(-n3cnc(C)n3)cc1Cl)(c1ccccc1)CC2.O=C(O)C(F)(F)F. The van der Waals surface area contributed by atoms with Crippen LogP contribution in [-0.4, -0.2) is 55.6 Å². The predicted octanol–water partition coefficient (Wildman–Crippen LogP) is 6.50. The van der Waals surface area contributed by atoms with Gasteiger partial charge in [-0.05, 0) is 74.6 Å². The number of alkyl halides is 3. The molecule has 0 saturated heterocycles. The van der Waals surface area contributed by atoms with Crippen LogP contribution < -0.4 is 5.32 Å². The Morgan fingerprint density at radius 2 is 1.78 bits per heavy atom. The molecule has 1 aliphatic rings. The molecule has 14 heteroatoms. The van der Waals surface area contributed by atoms with E-state index in [4.69, 9.17) is 26.2 Å². The Kier molecular flexibility index (Phi) is 10.1. The van der Waals surface area contributed by atoms with Gasteiger partial charge in [-0.15, -0.1) is 0 Å². The number of amides is 1. The highest BCUT2D eigenvalue weighted by molar-refractivity contribution is 6.34. The third kappa shape index (κ3) is 7.62. The average molecular weight is 696 g/mol. The summed E-state index contributed by atoms with van der Waals surface area (Å²) in [5.41, 5.74) is 6.10. The number of ether oxygens (including phenoxy) is 1. The van der Waals surface area contributed by atoms with Gasteiger partial charge in [0.25, 0.3) is 5.91 Å². The quantitative estimate of drug-likeness (QED) is 0.186. The summed E-state index contributed by atoms with van der Waals surface area (Å²) in [7, 11) is 1.42. The number of halogens is 4. The van der Waals surface area contributed by atoms with Gasteiger partial charge in [-0.3, -0.25) is 9.59 Å². The predicted molar refractivity (Wildman–Crippen MR) is 176 cm³/mol. The minimum atomic E-state index is -5.08. The fourth-order valence-corrected chi connectivity index (χ4v) is 6.36. The zero-order chi connectivity index (χ0) is 35.5. The van der Waals surface area contributed by atoms with Crippen molar-refractivity contribution in [1.82, 2.24) is 24.6 Å². The fourth-order valence-electron chi connectivity index (χ4n) is 6.10. The third-order valence-electron chi connectivity index (χ3n) is 8.46. The molecule has 1 aliphatic heterocycles. The van der Waals surface area contributed by atoms with Gasteiger partial charge in [0.05, 0.1) is 35.5 Å². The lowest BCUT2D eigenvalue weighted by atomic mass is 9.81. The monoisotopic (exact) mass is 695 g/mol. The molecule has 3 heterocycles. The molecule has 10 nitrogen and oxygen atoms in total. The van der Waals surface area contributed by atoms with Crippen LogP contribution in [0.4, 0.5) is 13.2 Å². The van der Waals surface area contributed by atoms with Crippen LogP contribution >= 0.6 is 11.6 Å². The first-order valence-electron chi connectivity index (χ1n) is 15.3. The highest BCUT2D eigenvalue weighted by Crippen LogP contribution is 2.40. The summed E-state index contributed by atoms with van der Waals surface area (Å²) in [4.78, 5) is 39.0. The van der Waals surface area contributed by atoms with Gasteiger partial charge in [-0.1, -0.05) is 53.6 Å². The maximum absolute atomic E-state index is 13.9. The van der Waals surface area contributed by atoms with Crippen LogP contribution in [-0.2, 0) is 39.3 Å². The van der Waals surface area contributed by atoms with Crippen molar-refractivity contribution >= 4 is 40.3 Å². The smallest absolute Gasteiger partial charge is 0.475 e. The number of rotatable bonds is 7. The summed E-state index contributed by atoms with van der Waals surface area (Å²) in [6, 6.07) is 21.8. The van der Waals surface area contributed by atoms with Crippen molar-refractivity contribution in [1.29, 1.82) is 0 Å². The molecule has 0 bridgehead atoms. The van der Waals surface area contributed by atoms with Crippen LogP contribution in [0, 0.1) is 13.8 Å². The molecular weight excluding hydrogens is 663 g/mol. The first-order valence-corrected chi connectivity index (χ1v) is 15.6. The summed E-state index contributed by atoms with van der Waals surface area (Å²) in [6.07, 6.45) is -1.12. The van der Waals surface area contributed by atoms with Crippen molar-refractivity contribution in [2.24, 2.45) is 0 Å². The summed E-state index contributed by atoms with van der Waals surface area (Å²) < 4.78 is 40.6. The maximum Gasteiger partial charge on any atom is 0.490 e. The lowest BCUT2D eigenvalue weighted by molar-refractivity contribution is -0.192. The van der Waals surface area contributed by atoms with Gasteiger partial charge >= 0.3 is 18.1 Å². The molecule has 5 aromatic rings. The molecule has 1 amide bonds. The first-order chi connectivity index (χ1) is 23.2. The Balaban J connectivity index is 0.000000606. The standard InChI is InChI=1S/C33H32ClN5O3.C2HF3O2/c1-21-9-13-29-27(17-21)25(12-14-31(40)42-3)30-15-16-33(19-38(29)30,23-7-5-4-6-8-23)36-32(41)26-11-10-24(18-28(26)34)39-20-35-22(2)37-39;3-2(4,5)1(6)7/h4-11,13,17-18,20H,12,14-16,19H2,1-3H3,(H,36,41);(H,6,7). The molecule has 0 spiro atoms. The van der Waals surface area contributed by atoms with Crippen molar-refractivity contribution < 1.29 is 37.4 Å². The molecule has 0 fully saturated rings. The van der Waals surface area contributed by atoms with Crippen LogP contribution in [0.15, 0.2) is 73.1 Å². The number of hydrogen-bond acceptors (Lipinski definition) is 6. The molecule has 1 unspecified atom stereocenters. The average Bonchev–Trinajstić information content (AvgIpc) is 3.63. The number of carboxylic acid groups (broad SMARTS) is 1. The van der Waals surface area contributed by atoms with E-state index in [1.165, 1.54) is 18.4 Å². The molecule has 3 aromatic carbocycles. The Morgan fingerprint density at radius 3 is 2.39 bits per heavy atom. The molecule has 2 N–H and O–H groups in total. The van der Waals surface area contributed by atoms with Crippen molar-refractivity contribution in [3.63, 3.8) is 0 Å². The number of aryl methyl sites for hydroxylation is 3. The number of carbonyl (C=O) groups excluding carboxylic acids is 2. The van der Waals surface area contributed by atoms with E-state index in [-0.39, 0.29) is 11.9 Å². The number of nitrogens with zero attached hydrogens (tertiary/aromatic N) is 4. The second-order valence-electron chi connectivity index (χ2n) is 11.7. The van der Waals surface area contributed by atoms with E-state index in [2.05, 4.69) is 57.2 Å². The molecule has 1 atom stereocenters. The highest BCUT2D eigenvalue weighted by Gasteiger charge is 2.40. The summed E-state index contributed by atoms with van der Waals surface area (Å²) in [6.45, 7) is 4.44. The third-order valence-corrected chi connectivity index (χ3v) is 8.77. The molecule has 2 aromatic heterocycles. The largest absolute Gasteiger partial charge is 0.490 e. The normalized spacial score (nSPS) is 15.6. The lowest BCUT2D eigenvalue weighted by Gasteiger charge is -2.40. The van der Waals surface area contributed by atoms with E-state index in [9.17, 15) is 22.8 Å². The van der Waals surface area contributed by atoms with Crippen LogP contribution in [0.3, 0.4) is 0 Å². The topological polar surface area (TPSA) is 128 Å². The minimum Gasteiger partial charge on any atom is -0.475 e. The molecule has 49 heavy (non-hydrogen) atoms. The first kappa shape index (κ1) is 35.1. The summed E-state index contributed by atoms with van der Waals surface area (Å²) in [5.74, 6) is -2.57. The van der Waals surface area contributed by atoms with E-state index in [1.807, 2.05) is 31.2 Å². The number of esters is 1. The Labute approximate surface area is 284 Å². The van der Waals surface area contributed by atoms with E-state index >= 15 is 0 Å². The molecule has 0 saturated carbocycles. The van der Waals surface area contributed by atoms with E-state index in [1.54, 1.807) is 23.1 Å². The van der Waals surface area contributed by atoms with Gasteiger partial charge in [0.1, 0.15) is 12.2 Å². The Bertz CT molecular complexity index is 2030. The number of carboxylic acids is 1. The molecule has 6 rings (SSSR count). The van der Waals surface area contributed by atoms with Crippen molar-refractivity contribution in [2.75, 3.05) is 7.11 Å². The van der Waals surface area contributed by atoms with Gasteiger partial charge in [-0.2, -0.15) is 18.3 Å². The zero-order valence-corrected chi connectivity index (χ0v) is 27.6. The van der Waals surface area contributed by atoms with Gasteiger partial charge in [0, 0.05) is 23.0 Å². The van der Waals surface area contributed by atoms with Crippen LogP contribution in [0.5, 0.6) is 0 Å². The number of hydrogen-bond donors (Lipinski definition) is 2. The van der Waals surface area contributed by atoms with E-state index < -0.39 is 17.7 Å². The van der Waals surface area contributed by atoms with Gasteiger partial charge in [0.2, 0.25) is 0 Å². The zero-order valence-electron chi connectivity index (χ0n) is 26.8. The summed E-state index contributed by atoms with van der Waals surface area (Å²) >= 11 is 6.67. The molecular formula is C35H33ClF3N5O5. The molecule has 256 valence electrons. The van der Waals surface area contributed by atoms with Gasteiger partial charge in [-0.25, -0.2) is 14.5 Å². The van der Waals surface area contributed by atoms with Crippen molar-refractivity contribution in [2.45, 2.75) is 57.8 Å². The number of nitrogens with one attached hydrogen (secondary N) is 1. The van der Waals surface area contributed by atoms with Crippen LogP contribution in [0.1, 0.15) is 51.4 Å². The van der Waals surface area contributed by atoms with Crippen LogP contribution in [0.25, 0.3) is 16.6 Å². The highest BCUT2D eigenvalue weighted by atomic mass is 35.5. The molecule has 0 radical (unpaired) electrons. The number of aromatic nitrogens is 4. The molecule has 0 aliphatic carbocycles. The number of methoxy groups -OCH3 is 1. The van der Waals surface area contributed by atoms with Gasteiger partial charge < -0.3 is 19.7 Å².